The Bertz CT molecular complexity index is 1090. The van der Waals surface area contributed by atoms with Gasteiger partial charge in [0, 0.05) is 0 Å². The molecule has 0 heterocycles. The van der Waals surface area contributed by atoms with Gasteiger partial charge in [0.05, 0.1) is 11.5 Å². The monoisotopic (exact) mass is 348 g/mol. The summed E-state index contributed by atoms with van der Waals surface area (Å²) in [6, 6.07) is 33.6. The van der Waals surface area contributed by atoms with Gasteiger partial charge in [-0.25, -0.2) is 0 Å². The van der Waals surface area contributed by atoms with Crippen molar-refractivity contribution in [2.45, 2.75) is 11.5 Å². The third-order valence-corrected chi connectivity index (χ3v) is 5.70. The number of fused-ring (bicyclic) bond motifs is 2. The molecule has 4 aromatic carbocycles. The standard InChI is InChI=1S/C26H20O/c27-25-16-15-21-17-19-9-7-8-10-20(19)18-24(21)26(25,22-11-3-1-4-12-22)23-13-5-2-6-14-23/h1-18,25,27H. The van der Waals surface area contributed by atoms with Crippen LogP contribution >= 0.6 is 0 Å². The maximum atomic E-state index is 11.4. The van der Waals surface area contributed by atoms with E-state index in [1.807, 2.05) is 42.5 Å². The first-order valence-corrected chi connectivity index (χ1v) is 9.31. The fourth-order valence-corrected chi connectivity index (χ4v) is 4.46. The molecule has 0 bridgehead atoms. The van der Waals surface area contributed by atoms with Gasteiger partial charge in [-0.15, -0.1) is 0 Å². The van der Waals surface area contributed by atoms with Crippen molar-refractivity contribution in [3.05, 3.63) is 125 Å². The maximum Gasteiger partial charge on any atom is 0.0902 e. The molecule has 130 valence electrons. The van der Waals surface area contributed by atoms with Gasteiger partial charge in [0.2, 0.25) is 0 Å². The van der Waals surface area contributed by atoms with Crippen LogP contribution < -0.4 is 0 Å². The quantitative estimate of drug-likeness (QED) is 0.503. The summed E-state index contributed by atoms with van der Waals surface area (Å²) in [5, 5.41) is 13.8. The van der Waals surface area contributed by atoms with Crippen LogP contribution in [0.1, 0.15) is 22.3 Å². The fraction of sp³-hybridized carbons (Fsp3) is 0.0769. The normalized spacial score (nSPS) is 17.6. The summed E-state index contributed by atoms with van der Waals surface area (Å²) in [4.78, 5) is 0. The zero-order valence-electron chi connectivity index (χ0n) is 14.9. The second kappa shape index (κ2) is 6.22. The molecule has 0 aromatic heterocycles. The summed E-state index contributed by atoms with van der Waals surface area (Å²) in [7, 11) is 0. The Morgan fingerprint density at radius 3 is 1.74 bits per heavy atom. The molecule has 0 aliphatic heterocycles. The Balaban J connectivity index is 1.92. The maximum absolute atomic E-state index is 11.4. The van der Waals surface area contributed by atoms with Crippen LogP contribution in [0.5, 0.6) is 0 Å². The number of hydrogen-bond donors (Lipinski definition) is 1. The highest BCUT2D eigenvalue weighted by atomic mass is 16.3. The lowest BCUT2D eigenvalue weighted by Crippen LogP contribution is -2.43. The van der Waals surface area contributed by atoms with E-state index < -0.39 is 11.5 Å². The summed E-state index contributed by atoms with van der Waals surface area (Å²) < 4.78 is 0. The topological polar surface area (TPSA) is 20.2 Å². The van der Waals surface area contributed by atoms with Gasteiger partial charge < -0.3 is 5.11 Å². The van der Waals surface area contributed by atoms with Crippen molar-refractivity contribution in [2.24, 2.45) is 0 Å². The van der Waals surface area contributed by atoms with E-state index in [0.717, 1.165) is 22.3 Å². The van der Waals surface area contributed by atoms with E-state index in [2.05, 4.69) is 66.7 Å². The Kier molecular flexibility index (Phi) is 3.70. The first kappa shape index (κ1) is 16.0. The van der Waals surface area contributed by atoms with Crippen LogP contribution in [0.4, 0.5) is 0 Å². The van der Waals surface area contributed by atoms with Crippen molar-refractivity contribution < 1.29 is 5.11 Å². The molecule has 1 atom stereocenters. The largest absolute Gasteiger partial charge is 0.387 e. The number of rotatable bonds is 2. The molecule has 0 radical (unpaired) electrons. The SMILES string of the molecule is OC1C=Cc2cc3ccccc3cc2C1(c1ccccc1)c1ccccc1. The molecule has 1 aliphatic carbocycles. The van der Waals surface area contributed by atoms with Gasteiger partial charge in [-0.1, -0.05) is 97.1 Å². The lowest BCUT2D eigenvalue weighted by molar-refractivity contribution is 0.166. The van der Waals surface area contributed by atoms with Gasteiger partial charge >= 0.3 is 0 Å². The fourth-order valence-electron chi connectivity index (χ4n) is 4.46. The van der Waals surface area contributed by atoms with Crippen molar-refractivity contribution in [3.8, 4) is 0 Å². The number of aliphatic hydroxyl groups excluding tert-OH is 1. The average molecular weight is 348 g/mol. The van der Waals surface area contributed by atoms with Crippen LogP contribution in [0, 0.1) is 0 Å². The molecular weight excluding hydrogens is 328 g/mol. The van der Waals surface area contributed by atoms with Gasteiger partial charge in [-0.05, 0) is 45.2 Å². The predicted molar refractivity (Wildman–Crippen MR) is 112 cm³/mol. The average Bonchev–Trinajstić information content (AvgIpc) is 2.74. The molecule has 4 aromatic rings. The molecule has 5 rings (SSSR count). The first-order valence-electron chi connectivity index (χ1n) is 9.31. The highest BCUT2D eigenvalue weighted by Crippen LogP contribution is 2.47. The van der Waals surface area contributed by atoms with Gasteiger partial charge in [-0.3, -0.25) is 0 Å². The predicted octanol–water partition coefficient (Wildman–Crippen LogP) is 5.56. The van der Waals surface area contributed by atoms with Gasteiger partial charge in [0.1, 0.15) is 0 Å². The molecule has 1 unspecified atom stereocenters. The lowest BCUT2D eigenvalue weighted by atomic mass is 9.62. The molecule has 0 amide bonds. The Hall–Kier alpha value is -3.16. The zero-order valence-corrected chi connectivity index (χ0v) is 14.9. The lowest BCUT2D eigenvalue weighted by Gasteiger charge is -2.42. The minimum atomic E-state index is -0.643. The summed E-state index contributed by atoms with van der Waals surface area (Å²) in [5.41, 5.74) is 3.88. The van der Waals surface area contributed by atoms with Crippen LogP contribution in [0.2, 0.25) is 0 Å². The van der Waals surface area contributed by atoms with E-state index in [9.17, 15) is 5.11 Å². The molecule has 0 saturated carbocycles. The number of aliphatic hydroxyl groups is 1. The molecular formula is C26H20O. The zero-order chi connectivity index (χ0) is 18.3. The van der Waals surface area contributed by atoms with Gasteiger partial charge in [-0.2, -0.15) is 0 Å². The van der Waals surface area contributed by atoms with E-state index in [1.165, 1.54) is 10.8 Å². The van der Waals surface area contributed by atoms with Crippen LogP contribution in [0.3, 0.4) is 0 Å². The third-order valence-electron chi connectivity index (χ3n) is 5.70. The Morgan fingerprint density at radius 1 is 0.630 bits per heavy atom. The summed E-state index contributed by atoms with van der Waals surface area (Å²) >= 11 is 0. The van der Waals surface area contributed by atoms with E-state index in [-0.39, 0.29) is 0 Å². The van der Waals surface area contributed by atoms with E-state index in [0.29, 0.717) is 0 Å². The first-order chi connectivity index (χ1) is 13.3. The van der Waals surface area contributed by atoms with Crippen molar-refractivity contribution >= 4 is 16.8 Å². The number of hydrogen-bond acceptors (Lipinski definition) is 1. The Labute approximate surface area is 159 Å². The van der Waals surface area contributed by atoms with Crippen LogP contribution in [-0.4, -0.2) is 11.2 Å². The van der Waals surface area contributed by atoms with Crippen molar-refractivity contribution in [2.75, 3.05) is 0 Å². The minimum absolute atomic E-state index is 0.628. The second-order valence-electron chi connectivity index (χ2n) is 7.13. The highest BCUT2D eigenvalue weighted by Gasteiger charge is 2.44. The second-order valence-corrected chi connectivity index (χ2v) is 7.13. The highest BCUT2D eigenvalue weighted by molar-refractivity contribution is 5.88. The van der Waals surface area contributed by atoms with Crippen LogP contribution in [0.25, 0.3) is 16.8 Å². The Morgan fingerprint density at radius 2 is 1.15 bits per heavy atom. The van der Waals surface area contributed by atoms with Crippen molar-refractivity contribution in [1.29, 1.82) is 0 Å². The molecule has 27 heavy (non-hydrogen) atoms. The summed E-state index contributed by atoms with van der Waals surface area (Å²) in [6.07, 6.45) is 3.34. The van der Waals surface area contributed by atoms with E-state index >= 15 is 0 Å². The van der Waals surface area contributed by atoms with Crippen LogP contribution in [0.15, 0.2) is 103 Å². The minimum Gasteiger partial charge on any atom is -0.387 e. The van der Waals surface area contributed by atoms with Crippen LogP contribution in [-0.2, 0) is 5.41 Å². The molecule has 1 aliphatic rings. The molecule has 1 heteroatoms. The molecule has 1 nitrogen and oxygen atoms in total. The van der Waals surface area contributed by atoms with Crippen molar-refractivity contribution in [3.63, 3.8) is 0 Å². The summed E-state index contributed by atoms with van der Waals surface area (Å²) in [6.45, 7) is 0. The smallest absolute Gasteiger partial charge is 0.0902 e. The van der Waals surface area contributed by atoms with E-state index in [4.69, 9.17) is 0 Å². The number of benzene rings is 4. The van der Waals surface area contributed by atoms with Gasteiger partial charge in [0.15, 0.2) is 0 Å². The molecule has 1 N–H and O–H groups in total. The van der Waals surface area contributed by atoms with Crippen molar-refractivity contribution in [1.82, 2.24) is 0 Å². The molecule has 0 spiro atoms. The third kappa shape index (κ3) is 2.36. The molecule has 0 fully saturated rings. The van der Waals surface area contributed by atoms with Gasteiger partial charge in [0.25, 0.3) is 0 Å². The van der Waals surface area contributed by atoms with E-state index in [1.54, 1.807) is 0 Å². The summed E-state index contributed by atoms with van der Waals surface area (Å²) in [5.74, 6) is 0. The molecule has 0 saturated heterocycles.